The van der Waals surface area contributed by atoms with Crippen LogP contribution in [0.25, 0.3) is 109 Å². The largest absolute Gasteiger partial charge is 0.307 e. The number of hydrogen-bond acceptors (Lipinski definition) is 5. The summed E-state index contributed by atoms with van der Waals surface area (Å²) in [5, 5.41) is 18.3. The molecule has 12 aromatic rings. The Morgan fingerprint density at radius 1 is 0.441 bits per heavy atom. The third kappa shape index (κ3) is 5.01. The molecule has 59 heavy (non-hydrogen) atoms. The molecule has 0 spiro atoms. The summed E-state index contributed by atoms with van der Waals surface area (Å²) < 4.78 is 7.23. The van der Waals surface area contributed by atoms with Gasteiger partial charge < -0.3 is 9.13 Å². The van der Waals surface area contributed by atoms with E-state index in [-0.39, 0.29) is 0 Å². The summed E-state index contributed by atoms with van der Waals surface area (Å²) in [4.78, 5) is 14.9. The fraction of sp³-hybridized carbons (Fsp3) is 0. The topological polar surface area (TPSA) is 72.3 Å². The SMILES string of the molecule is N#Cc1cc(-c2nc(-c3ccccc3)nc(-c3ccccc3)n2)ccc1-n1c2ccccc2c2c3c4ccccc4sc3c3c4ccccc4n(-c4ccccc4)c3c21. The van der Waals surface area contributed by atoms with E-state index >= 15 is 0 Å². The predicted octanol–water partition coefficient (Wildman–Crippen LogP) is 13.3. The molecule has 0 saturated carbocycles. The van der Waals surface area contributed by atoms with Crippen LogP contribution in [-0.4, -0.2) is 24.1 Å². The van der Waals surface area contributed by atoms with E-state index in [1.807, 2.05) is 84.1 Å². The summed E-state index contributed by atoms with van der Waals surface area (Å²) >= 11 is 1.86. The number of rotatable bonds is 5. The van der Waals surface area contributed by atoms with Crippen molar-refractivity contribution in [2.75, 3.05) is 0 Å². The lowest BCUT2D eigenvalue weighted by Crippen LogP contribution is -2.03. The van der Waals surface area contributed by atoms with Gasteiger partial charge in [-0.05, 0) is 48.5 Å². The second kappa shape index (κ2) is 13.1. The second-order valence-corrected chi connectivity index (χ2v) is 15.7. The maximum Gasteiger partial charge on any atom is 0.164 e. The lowest BCUT2D eigenvalue weighted by molar-refractivity contribution is 1.07. The van der Waals surface area contributed by atoms with E-state index in [1.165, 1.54) is 36.3 Å². The number of nitriles is 1. The smallest absolute Gasteiger partial charge is 0.164 e. The molecule has 0 saturated heterocycles. The monoisotopic (exact) mass is 770 g/mol. The van der Waals surface area contributed by atoms with Crippen LogP contribution >= 0.6 is 11.3 Å². The van der Waals surface area contributed by atoms with Gasteiger partial charge in [-0.2, -0.15) is 5.26 Å². The molecular formula is C52H30N6S. The molecule has 12 rings (SSSR count). The summed E-state index contributed by atoms with van der Waals surface area (Å²) in [7, 11) is 0. The zero-order chi connectivity index (χ0) is 39.0. The van der Waals surface area contributed by atoms with E-state index in [2.05, 4.69) is 124 Å². The summed E-state index contributed by atoms with van der Waals surface area (Å²) in [6.45, 7) is 0. The van der Waals surface area contributed by atoms with Crippen molar-refractivity contribution in [3.63, 3.8) is 0 Å². The van der Waals surface area contributed by atoms with Gasteiger partial charge in [0.1, 0.15) is 6.07 Å². The zero-order valence-corrected chi connectivity index (χ0v) is 32.2. The zero-order valence-electron chi connectivity index (χ0n) is 31.4. The van der Waals surface area contributed by atoms with Crippen molar-refractivity contribution in [2.45, 2.75) is 0 Å². The van der Waals surface area contributed by atoms with E-state index in [0.29, 0.717) is 23.0 Å². The lowest BCUT2D eigenvalue weighted by atomic mass is 10.0. The average Bonchev–Trinajstić information content (AvgIpc) is 3.97. The Balaban J connectivity index is 1.21. The molecule has 0 bridgehead atoms. The number of fused-ring (bicyclic) bond motifs is 12. The molecule has 0 aliphatic carbocycles. The first kappa shape index (κ1) is 33.2. The fourth-order valence-electron chi connectivity index (χ4n) is 8.87. The summed E-state index contributed by atoms with van der Waals surface area (Å²) in [5.41, 5.74) is 9.20. The van der Waals surface area contributed by atoms with Crippen molar-refractivity contribution in [2.24, 2.45) is 0 Å². The third-order valence-corrected chi connectivity index (χ3v) is 12.6. The van der Waals surface area contributed by atoms with Gasteiger partial charge in [-0.1, -0.05) is 133 Å². The number of aromatic nitrogens is 5. The Labute approximate surface area is 342 Å². The van der Waals surface area contributed by atoms with Gasteiger partial charge in [-0.15, -0.1) is 11.3 Å². The highest BCUT2D eigenvalue weighted by atomic mass is 32.1. The summed E-state index contributed by atoms with van der Waals surface area (Å²) in [5.74, 6) is 1.64. The third-order valence-electron chi connectivity index (χ3n) is 11.4. The molecule has 0 fully saturated rings. The summed E-state index contributed by atoms with van der Waals surface area (Å²) in [6, 6.07) is 65.2. The van der Waals surface area contributed by atoms with E-state index < -0.39 is 0 Å². The van der Waals surface area contributed by atoms with Crippen LogP contribution in [0, 0.1) is 11.3 Å². The van der Waals surface area contributed by atoms with Crippen LogP contribution in [0.15, 0.2) is 182 Å². The van der Waals surface area contributed by atoms with E-state index in [4.69, 9.17) is 15.0 Å². The Morgan fingerprint density at radius 2 is 0.949 bits per heavy atom. The van der Waals surface area contributed by atoms with Crippen molar-refractivity contribution < 1.29 is 0 Å². The molecule has 0 radical (unpaired) electrons. The van der Waals surface area contributed by atoms with Crippen LogP contribution in [0.1, 0.15) is 5.56 Å². The van der Waals surface area contributed by atoms with Gasteiger partial charge in [0.05, 0.1) is 33.3 Å². The Bertz CT molecular complexity index is 3610. The van der Waals surface area contributed by atoms with Gasteiger partial charge in [0.2, 0.25) is 0 Å². The normalized spacial score (nSPS) is 11.7. The molecule has 0 aliphatic rings. The average molecular weight is 771 g/mol. The predicted molar refractivity (Wildman–Crippen MR) is 242 cm³/mol. The fourth-order valence-corrected chi connectivity index (χ4v) is 10.1. The van der Waals surface area contributed by atoms with Crippen molar-refractivity contribution in [1.82, 2.24) is 24.1 Å². The minimum atomic E-state index is 0.501. The standard InChI is InChI=1S/C52H30N6S/c53-31-35-30-34(52-55-50(32-16-4-1-5-17-32)54-51(56-52)33-18-6-2-7-19-33)28-29-40(35)58-42-26-14-10-22-37(42)44-45-39-24-12-15-27-43(39)59-49(45)46-38-23-11-13-25-41(38)57(48(46)47(44)58)36-20-8-3-9-21-36/h1-30H. The van der Waals surface area contributed by atoms with Crippen LogP contribution in [0.4, 0.5) is 0 Å². The number of hydrogen-bond donors (Lipinski definition) is 0. The lowest BCUT2D eigenvalue weighted by Gasteiger charge is -2.15. The van der Waals surface area contributed by atoms with Crippen LogP contribution in [0.5, 0.6) is 0 Å². The Kier molecular flexibility index (Phi) is 7.36. The highest BCUT2D eigenvalue weighted by molar-refractivity contribution is 7.27. The molecule has 4 heterocycles. The Hall–Kier alpha value is -7.92. The van der Waals surface area contributed by atoms with Crippen LogP contribution < -0.4 is 0 Å². The number of thiophene rings is 1. The van der Waals surface area contributed by atoms with Crippen LogP contribution in [0.3, 0.4) is 0 Å². The summed E-state index contributed by atoms with van der Waals surface area (Å²) in [6.07, 6.45) is 0. The quantitative estimate of drug-likeness (QED) is 0.175. The molecule has 0 N–H and O–H groups in total. The van der Waals surface area contributed by atoms with Gasteiger partial charge in [0.25, 0.3) is 0 Å². The van der Waals surface area contributed by atoms with Crippen molar-refractivity contribution >= 4 is 75.1 Å². The van der Waals surface area contributed by atoms with Crippen molar-refractivity contribution in [3.8, 4) is 51.6 Å². The van der Waals surface area contributed by atoms with Crippen LogP contribution in [-0.2, 0) is 0 Å². The van der Waals surface area contributed by atoms with Crippen molar-refractivity contribution in [3.05, 3.63) is 188 Å². The van der Waals surface area contributed by atoms with E-state index in [1.54, 1.807) is 0 Å². The maximum absolute atomic E-state index is 11.1. The Morgan fingerprint density at radius 3 is 1.59 bits per heavy atom. The molecule has 0 atom stereocenters. The van der Waals surface area contributed by atoms with Crippen LogP contribution in [0.2, 0.25) is 0 Å². The van der Waals surface area contributed by atoms with Crippen molar-refractivity contribution in [1.29, 1.82) is 5.26 Å². The first-order valence-electron chi connectivity index (χ1n) is 19.5. The highest BCUT2D eigenvalue weighted by Crippen LogP contribution is 2.51. The molecule has 0 aliphatic heterocycles. The first-order chi connectivity index (χ1) is 29.2. The van der Waals surface area contributed by atoms with E-state index in [0.717, 1.165) is 55.5 Å². The minimum Gasteiger partial charge on any atom is -0.307 e. The molecule has 6 nitrogen and oxygen atoms in total. The van der Waals surface area contributed by atoms with E-state index in [9.17, 15) is 5.26 Å². The number of benzene rings is 8. The van der Waals surface area contributed by atoms with Gasteiger partial charge in [-0.3, -0.25) is 0 Å². The molecule has 7 heteroatoms. The van der Waals surface area contributed by atoms with Gasteiger partial charge in [0.15, 0.2) is 17.5 Å². The molecule has 0 unspecified atom stereocenters. The van der Waals surface area contributed by atoms with Gasteiger partial charge in [0, 0.05) is 64.1 Å². The highest BCUT2D eigenvalue weighted by Gasteiger charge is 2.27. The molecule has 274 valence electrons. The maximum atomic E-state index is 11.1. The molecule has 0 amide bonds. The first-order valence-corrected chi connectivity index (χ1v) is 20.3. The molecule has 4 aromatic heterocycles. The number of para-hydroxylation sites is 3. The van der Waals surface area contributed by atoms with Gasteiger partial charge >= 0.3 is 0 Å². The van der Waals surface area contributed by atoms with Gasteiger partial charge in [-0.25, -0.2) is 15.0 Å². The minimum absolute atomic E-state index is 0.501. The molecular weight excluding hydrogens is 741 g/mol. The number of nitrogens with zero attached hydrogens (tertiary/aromatic N) is 6. The second-order valence-electron chi connectivity index (χ2n) is 14.7. The molecule has 8 aromatic carbocycles.